The van der Waals surface area contributed by atoms with Gasteiger partial charge in [0.1, 0.15) is 17.6 Å². The summed E-state index contributed by atoms with van der Waals surface area (Å²) in [7, 11) is 2.12. The molecule has 1 amide bonds. The Morgan fingerprint density at radius 1 is 1.25 bits per heavy atom. The minimum absolute atomic E-state index is 0.0751. The van der Waals surface area contributed by atoms with Gasteiger partial charge in [0.25, 0.3) is 5.56 Å². The van der Waals surface area contributed by atoms with E-state index in [-0.39, 0.29) is 29.6 Å². The molecular formula is C20H25N5O3. The Hall–Kier alpha value is -2.71. The summed E-state index contributed by atoms with van der Waals surface area (Å²) in [5.74, 6) is -0.208. The van der Waals surface area contributed by atoms with Gasteiger partial charge in [-0.1, -0.05) is 12.1 Å². The molecule has 1 saturated heterocycles. The zero-order valence-corrected chi connectivity index (χ0v) is 16.2. The highest BCUT2D eigenvalue weighted by molar-refractivity contribution is 6.01. The lowest BCUT2D eigenvalue weighted by molar-refractivity contribution is -0.122. The number of carbonyl (C=O) groups excluding carboxylic acids is 1. The van der Waals surface area contributed by atoms with Crippen molar-refractivity contribution in [3.63, 3.8) is 0 Å². The second-order valence-electron chi connectivity index (χ2n) is 7.45. The molecule has 148 valence electrons. The largest absolute Gasteiger partial charge is 0.448 e. The van der Waals surface area contributed by atoms with Crippen LogP contribution in [0.5, 0.6) is 0 Å². The van der Waals surface area contributed by atoms with Crippen molar-refractivity contribution in [2.24, 2.45) is 0 Å². The molecule has 28 heavy (non-hydrogen) atoms. The van der Waals surface area contributed by atoms with Gasteiger partial charge in [-0.25, -0.2) is 4.98 Å². The molecule has 3 aromatic rings. The van der Waals surface area contributed by atoms with Crippen LogP contribution in [0.3, 0.4) is 0 Å². The number of hydrogen-bond donors (Lipinski definition) is 1. The molecule has 4 rings (SSSR count). The summed E-state index contributed by atoms with van der Waals surface area (Å²) < 4.78 is 6.95. The molecule has 1 aromatic carbocycles. The first-order valence-corrected chi connectivity index (χ1v) is 9.59. The van der Waals surface area contributed by atoms with Gasteiger partial charge in [0, 0.05) is 44.2 Å². The number of amides is 1. The van der Waals surface area contributed by atoms with Gasteiger partial charge in [-0.05, 0) is 26.1 Å². The monoisotopic (exact) mass is 383 g/mol. The van der Waals surface area contributed by atoms with Gasteiger partial charge in [-0.15, -0.1) is 0 Å². The Morgan fingerprint density at radius 3 is 2.79 bits per heavy atom. The van der Waals surface area contributed by atoms with Gasteiger partial charge in [0.15, 0.2) is 0 Å². The highest BCUT2D eigenvalue weighted by atomic mass is 16.3. The summed E-state index contributed by atoms with van der Waals surface area (Å²) in [4.78, 5) is 34.0. The molecular weight excluding hydrogens is 358 g/mol. The molecule has 0 bridgehead atoms. The van der Waals surface area contributed by atoms with Crippen LogP contribution < -0.4 is 10.9 Å². The van der Waals surface area contributed by atoms with E-state index in [4.69, 9.17) is 4.42 Å². The second kappa shape index (κ2) is 7.73. The van der Waals surface area contributed by atoms with E-state index in [1.54, 1.807) is 6.07 Å². The Labute approximate surface area is 162 Å². The van der Waals surface area contributed by atoms with E-state index in [2.05, 4.69) is 34.1 Å². The molecule has 8 heteroatoms. The van der Waals surface area contributed by atoms with Crippen LogP contribution in [-0.4, -0.2) is 71.1 Å². The topological polar surface area (TPSA) is 83.6 Å². The lowest BCUT2D eigenvalue weighted by Crippen LogP contribution is -2.51. The fourth-order valence-electron chi connectivity index (χ4n) is 3.59. The average molecular weight is 383 g/mol. The van der Waals surface area contributed by atoms with Crippen LogP contribution in [0.25, 0.3) is 22.1 Å². The van der Waals surface area contributed by atoms with E-state index in [0.717, 1.165) is 31.6 Å². The Morgan fingerprint density at radius 2 is 2.00 bits per heavy atom. The third-order valence-corrected chi connectivity index (χ3v) is 5.42. The molecule has 8 nitrogen and oxygen atoms in total. The van der Waals surface area contributed by atoms with Crippen molar-refractivity contribution in [2.75, 3.05) is 39.8 Å². The second-order valence-corrected chi connectivity index (χ2v) is 7.45. The fourth-order valence-corrected chi connectivity index (χ4v) is 3.59. The normalized spacial score (nSPS) is 17.2. The number of likely N-dealkylation sites (N-methyl/N-ethyl adjacent to an activating group) is 1. The zero-order valence-electron chi connectivity index (χ0n) is 16.2. The molecule has 0 aliphatic carbocycles. The molecule has 3 heterocycles. The van der Waals surface area contributed by atoms with Crippen LogP contribution in [0, 0.1) is 0 Å². The Balaban J connectivity index is 1.41. The zero-order chi connectivity index (χ0) is 19.7. The number of hydrogen-bond acceptors (Lipinski definition) is 6. The van der Waals surface area contributed by atoms with Crippen LogP contribution in [0.4, 0.5) is 0 Å². The van der Waals surface area contributed by atoms with Gasteiger partial charge < -0.3 is 14.6 Å². The van der Waals surface area contributed by atoms with E-state index >= 15 is 0 Å². The highest BCUT2D eigenvalue weighted by Gasteiger charge is 2.20. The fraction of sp³-hybridized carbons (Fsp3) is 0.450. The standard InChI is InChI=1S/C20H25N5O3/c1-14(24-9-7-23(2)8-10-24)11-21-17(26)12-25-13-22-18-15-5-3-4-6-16(15)28-19(18)20(25)27/h3-6,13-14H,7-12H2,1-2H3,(H,21,26). The van der Waals surface area contributed by atoms with Gasteiger partial charge >= 0.3 is 0 Å². The van der Waals surface area contributed by atoms with E-state index in [1.165, 1.54) is 10.9 Å². The van der Waals surface area contributed by atoms with Crippen LogP contribution in [0.2, 0.25) is 0 Å². The van der Waals surface area contributed by atoms with Crippen molar-refractivity contribution in [3.05, 3.63) is 40.9 Å². The predicted octanol–water partition coefficient (Wildman–Crippen LogP) is 0.895. The van der Waals surface area contributed by atoms with Crippen molar-refractivity contribution < 1.29 is 9.21 Å². The third kappa shape index (κ3) is 3.65. The molecule has 1 N–H and O–H groups in total. The Kier molecular flexibility index (Phi) is 5.15. The summed E-state index contributed by atoms with van der Waals surface area (Å²) in [6.45, 7) is 6.67. The van der Waals surface area contributed by atoms with Crippen molar-refractivity contribution in [1.29, 1.82) is 0 Å². The van der Waals surface area contributed by atoms with Crippen molar-refractivity contribution in [1.82, 2.24) is 24.7 Å². The summed E-state index contributed by atoms with van der Waals surface area (Å²) in [5, 5.41) is 3.73. The maximum absolute atomic E-state index is 12.7. The molecule has 0 radical (unpaired) electrons. The molecule has 1 unspecified atom stereocenters. The van der Waals surface area contributed by atoms with Crippen LogP contribution in [0.15, 0.2) is 39.8 Å². The number of piperazine rings is 1. The number of benzene rings is 1. The first kappa shape index (κ1) is 18.6. The van der Waals surface area contributed by atoms with E-state index in [9.17, 15) is 9.59 Å². The first-order valence-electron chi connectivity index (χ1n) is 9.59. The molecule has 0 spiro atoms. The van der Waals surface area contributed by atoms with Gasteiger partial charge in [-0.2, -0.15) is 0 Å². The minimum Gasteiger partial charge on any atom is -0.448 e. The molecule has 1 aliphatic heterocycles. The smallest absolute Gasteiger partial charge is 0.297 e. The third-order valence-electron chi connectivity index (χ3n) is 5.42. The summed E-state index contributed by atoms with van der Waals surface area (Å²) >= 11 is 0. The van der Waals surface area contributed by atoms with E-state index in [0.29, 0.717) is 17.6 Å². The summed E-state index contributed by atoms with van der Waals surface area (Å²) in [6.07, 6.45) is 1.41. The summed E-state index contributed by atoms with van der Waals surface area (Å²) in [5.41, 5.74) is 0.983. The number of furan rings is 1. The maximum atomic E-state index is 12.7. The lowest BCUT2D eigenvalue weighted by Gasteiger charge is -2.36. The van der Waals surface area contributed by atoms with Crippen molar-refractivity contribution in [3.8, 4) is 0 Å². The molecule has 0 saturated carbocycles. The molecule has 1 fully saturated rings. The highest BCUT2D eigenvalue weighted by Crippen LogP contribution is 2.23. The molecule has 1 atom stereocenters. The van der Waals surface area contributed by atoms with Gasteiger partial charge in [0.2, 0.25) is 11.5 Å². The van der Waals surface area contributed by atoms with Gasteiger partial charge in [0.05, 0.1) is 6.33 Å². The molecule has 1 aliphatic rings. The number of fused-ring (bicyclic) bond motifs is 3. The van der Waals surface area contributed by atoms with Gasteiger partial charge in [-0.3, -0.25) is 19.1 Å². The number of carbonyl (C=O) groups is 1. The lowest BCUT2D eigenvalue weighted by atomic mass is 10.2. The van der Waals surface area contributed by atoms with Crippen molar-refractivity contribution in [2.45, 2.75) is 19.5 Å². The number of para-hydroxylation sites is 1. The molecule has 2 aromatic heterocycles. The number of nitrogens with one attached hydrogen (secondary N) is 1. The van der Waals surface area contributed by atoms with E-state index < -0.39 is 0 Å². The Bertz CT molecular complexity index is 1050. The van der Waals surface area contributed by atoms with E-state index in [1.807, 2.05) is 18.2 Å². The quantitative estimate of drug-likeness (QED) is 0.705. The minimum atomic E-state index is -0.344. The van der Waals surface area contributed by atoms with Crippen LogP contribution >= 0.6 is 0 Å². The SMILES string of the molecule is CC(CNC(=O)Cn1cnc2c(oc3ccccc32)c1=O)N1CCN(C)CC1. The first-order chi connectivity index (χ1) is 13.5. The van der Waals surface area contributed by atoms with Crippen molar-refractivity contribution >= 4 is 28.0 Å². The number of nitrogens with zero attached hydrogens (tertiary/aromatic N) is 4. The number of rotatable bonds is 5. The van der Waals surface area contributed by atoms with Crippen LogP contribution in [0.1, 0.15) is 6.92 Å². The predicted molar refractivity (Wildman–Crippen MR) is 107 cm³/mol. The summed E-state index contributed by atoms with van der Waals surface area (Å²) in [6, 6.07) is 7.64. The van der Waals surface area contributed by atoms with Crippen LogP contribution in [-0.2, 0) is 11.3 Å². The maximum Gasteiger partial charge on any atom is 0.297 e. The number of aromatic nitrogens is 2. The average Bonchev–Trinajstić information content (AvgIpc) is 3.08.